The number of halogens is 3. The Bertz CT molecular complexity index is 1370. The summed E-state index contributed by atoms with van der Waals surface area (Å²) in [5.41, 5.74) is 1.64. The Labute approximate surface area is 204 Å². The maximum atomic E-state index is 12.9. The number of aryl methyl sites for hydroxylation is 1. The molecule has 0 aliphatic rings. The first-order valence-corrected chi connectivity index (χ1v) is 10.9. The molecule has 0 saturated heterocycles. The Hall–Kier alpha value is -4.47. The molecule has 10 heteroatoms. The van der Waals surface area contributed by atoms with Crippen LogP contribution in [0.3, 0.4) is 0 Å². The Kier molecular flexibility index (Phi) is 7.14. The van der Waals surface area contributed by atoms with Gasteiger partial charge in [-0.25, -0.2) is 4.98 Å². The number of aromatic nitrogens is 2. The van der Waals surface area contributed by atoms with E-state index >= 15 is 0 Å². The van der Waals surface area contributed by atoms with E-state index in [1.165, 1.54) is 18.3 Å². The molecule has 0 radical (unpaired) electrons. The van der Waals surface area contributed by atoms with Gasteiger partial charge in [0.1, 0.15) is 11.5 Å². The summed E-state index contributed by atoms with van der Waals surface area (Å²) in [7, 11) is 0. The van der Waals surface area contributed by atoms with Crippen molar-refractivity contribution in [2.24, 2.45) is 0 Å². The summed E-state index contributed by atoms with van der Waals surface area (Å²) in [6, 6.07) is 14.9. The molecule has 0 atom stereocenters. The van der Waals surface area contributed by atoms with E-state index in [1.54, 1.807) is 49.5 Å². The minimum atomic E-state index is -4.47. The van der Waals surface area contributed by atoms with Crippen molar-refractivity contribution in [3.05, 3.63) is 101 Å². The van der Waals surface area contributed by atoms with E-state index in [0.29, 0.717) is 34.2 Å². The Balaban J connectivity index is 1.35. The lowest BCUT2D eigenvalue weighted by molar-refractivity contribution is -0.137. The first kappa shape index (κ1) is 24.6. The number of hydrogen-bond acceptors (Lipinski definition) is 5. The molecule has 0 spiro atoms. The molecule has 2 N–H and O–H groups in total. The molecule has 2 heterocycles. The van der Waals surface area contributed by atoms with Crippen LogP contribution in [-0.4, -0.2) is 21.8 Å². The van der Waals surface area contributed by atoms with E-state index in [0.717, 1.165) is 12.1 Å². The predicted octanol–water partition coefficient (Wildman–Crippen LogP) is 5.18. The van der Waals surface area contributed by atoms with E-state index in [-0.39, 0.29) is 24.4 Å². The summed E-state index contributed by atoms with van der Waals surface area (Å²) >= 11 is 0. The molecule has 0 aliphatic heterocycles. The summed E-state index contributed by atoms with van der Waals surface area (Å²) in [6.45, 7) is 1.76. The Morgan fingerprint density at radius 1 is 1.03 bits per heavy atom. The predicted molar refractivity (Wildman–Crippen MR) is 126 cm³/mol. The first-order valence-electron chi connectivity index (χ1n) is 10.9. The van der Waals surface area contributed by atoms with Crippen molar-refractivity contribution in [3.8, 4) is 11.5 Å². The molecule has 0 saturated carbocycles. The monoisotopic (exact) mass is 494 g/mol. The number of carbonyl (C=O) groups excluding carboxylic acids is 2. The summed E-state index contributed by atoms with van der Waals surface area (Å²) < 4.78 is 44.3. The second-order valence-corrected chi connectivity index (χ2v) is 7.95. The van der Waals surface area contributed by atoms with E-state index in [2.05, 4.69) is 20.6 Å². The molecule has 0 bridgehead atoms. The number of oxazole rings is 1. The maximum absolute atomic E-state index is 12.9. The van der Waals surface area contributed by atoms with Crippen molar-refractivity contribution in [3.63, 3.8) is 0 Å². The molecule has 2 aromatic carbocycles. The normalized spacial score (nSPS) is 11.2. The fourth-order valence-electron chi connectivity index (χ4n) is 3.40. The highest BCUT2D eigenvalue weighted by Crippen LogP contribution is 2.29. The van der Waals surface area contributed by atoms with Crippen molar-refractivity contribution in [2.75, 3.05) is 5.32 Å². The lowest BCUT2D eigenvalue weighted by Crippen LogP contribution is -2.25. The van der Waals surface area contributed by atoms with Gasteiger partial charge < -0.3 is 15.1 Å². The van der Waals surface area contributed by atoms with Crippen LogP contribution in [0.15, 0.2) is 77.5 Å². The quantitative estimate of drug-likeness (QED) is 0.369. The number of carbonyl (C=O) groups is 2. The number of pyridine rings is 1. The second kappa shape index (κ2) is 10.4. The van der Waals surface area contributed by atoms with Gasteiger partial charge in [0.25, 0.3) is 5.91 Å². The maximum Gasteiger partial charge on any atom is 0.416 e. The lowest BCUT2D eigenvalue weighted by Gasteiger charge is -2.09. The molecular formula is C26H21F3N4O3. The average Bonchev–Trinajstić information content (AvgIpc) is 3.24. The number of amides is 2. The van der Waals surface area contributed by atoms with Gasteiger partial charge in [0, 0.05) is 23.6 Å². The van der Waals surface area contributed by atoms with Gasteiger partial charge in [-0.2, -0.15) is 13.2 Å². The molecular weight excluding hydrogens is 473 g/mol. The van der Waals surface area contributed by atoms with Crippen LogP contribution in [0.1, 0.15) is 32.9 Å². The summed E-state index contributed by atoms with van der Waals surface area (Å²) in [5, 5.41) is 5.44. The van der Waals surface area contributed by atoms with Gasteiger partial charge in [0.05, 0.1) is 24.1 Å². The van der Waals surface area contributed by atoms with Crippen molar-refractivity contribution in [1.29, 1.82) is 0 Å². The summed E-state index contributed by atoms with van der Waals surface area (Å²) in [6.07, 6.45) is -1.61. The summed E-state index contributed by atoms with van der Waals surface area (Å²) in [5.74, 6) is 0.107. The van der Waals surface area contributed by atoms with Gasteiger partial charge in [0.2, 0.25) is 11.8 Å². The molecule has 4 aromatic rings. The van der Waals surface area contributed by atoms with Gasteiger partial charge in [-0.15, -0.1) is 0 Å². The fourth-order valence-corrected chi connectivity index (χ4v) is 3.40. The Morgan fingerprint density at radius 2 is 1.81 bits per heavy atom. The third-order valence-corrected chi connectivity index (χ3v) is 5.28. The van der Waals surface area contributed by atoms with Crippen molar-refractivity contribution in [1.82, 2.24) is 15.3 Å². The van der Waals surface area contributed by atoms with Crippen LogP contribution in [0.25, 0.3) is 11.5 Å². The zero-order valence-corrected chi connectivity index (χ0v) is 19.1. The zero-order valence-electron chi connectivity index (χ0n) is 19.1. The standard InChI is InChI=1S/C26H21F3N4O3/c1-16-22(15-31-23(34)13-17-4-2-6-20(12-17)26(27,28)29)33-25(36-16)18-7-9-21(10-8-18)32-24(35)19-5-3-11-30-14-19/h2-12,14H,13,15H2,1H3,(H,31,34)(H,32,35). The third-order valence-electron chi connectivity index (χ3n) is 5.28. The van der Waals surface area contributed by atoms with Gasteiger partial charge in [-0.05, 0) is 55.0 Å². The summed E-state index contributed by atoms with van der Waals surface area (Å²) in [4.78, 5) is 32.9. The number of hydrogen-bond donors (Lipinski definition) is 2. The van der Waals surface area contributed by atoms with Crippen molar-refractivity contribution < 1.29 is 27.2 Å². The number of benzene rings is 2. The molecule has 2 aromatic heterocycles. The molecule has 2 amide bonds. The van der Waals surface area contributed by atoms with Crippen LogP contribution in [0, 0.1) is 6.92 Å². The van der Waals surface area contributed by atoms with Crippen LogP contribution in [0.4, 0.5) is 18.9 Å². The molecule has 184 valence electrons. The highest BCUT2D eigenvalue weighted by atomic mass is 19.4. The molecule has 0 unspecified atom stereocenters. The highest BCUT2D eigenvalue weighted by Gasteiger charge is 2.30. The van der Waals surface area contributed by atoms with E-state index < -0.39 is 17.6 Å². The minimum Gasteiger partial charge on any atom is -0.441 e. The average molecular weight is 494 g/mol. The number of anilines is 1. The molecule has 36 heavy (non-hydrogen) atoms. The second-order valence-electron chi connectivity index (χ2n) is 7.95. The van der Waals surface area contributed by atoms with Crippen LogP contribution in [0.2, 0.25) is 0 Å². The van der Waals surface area contributed by atoms with Gasteiger partial charge in [-0.3, -0.25) is 14.6 Å². The topological polar surface area (TPSA) is 97.1 Å². The first-order chi connectivity index (χ1) is 17.2. The number of nitrogens with one attached hydrogen (secondary N) is 2. The Morgan fingerprint density at radius 3 is 2.50 bits per heavy atom. The highest BCUT2D eigenvalue weighted by molar-refractivity contribution is 6.04. The zero-order chi connectivity index (χ0) is 25.7. The molecule has 0 fully saturated rings. The number of alkyl halides is 3. The van der Waals surface area contributed by atoms with E-state index in [1.807, 2.05) is 0 Å². The van der Waals surface area contributed by atoms with Crippen LogP contribution in [-0.2, 0) is 23.9 Å². The smallest absolute Gasteiger partial charge is 0.416 e. The SMILES string of the molecule is Cc1oc(-c2ccc(NC(=O)c3cccnc3)cc2)nc1CNC(=O)Cc1cccc(C(F)(F)F)c1. The number of rotatable bonds is 7. The van der Waals surface area contributed by atoms with Gasteiger partial charge in [-0.1, -0.05) is 18.2 Å². The van der Waals surface area contributed by atoms with E-state index in [4.69, 9.17) is 4.42 Å². The van der Waals surface area contributed by atoms with Crippen molar-refractivity contribution >= 4 is 17.5 Å². The van der Waals surface area contributed by atoms with Crippen LogP contribution >= 0.6 is 0 Å². The molecule has 7 nitrogen and oxygen atoms in total. The molecule has 4 rings (SSSR count). The van der Waals surface area contributed by atoms with Gasteiger partial charge >= 0.3 is 6.18 Å². The number of nitrogens with zero attached hydrogens (tertiary/aromatic N) is 2. The fraction of sp³-hybridized carbons (Fsp3) is 0.154. The third kappa shape index (κ3) is 6.15. The van der Waals surface area contributed by atoms with E-state index in [9.17, 15) is 22.8 Å². The molecule has 0 aliphatic carbocycles. The van der Waals surface area contributed by atoms with Crippen LogP contribution < -0.4 is 10.6 Å². The van der Waals surface area contributed by atoms with Crippen molar-refractivity contribution in [2.45, 2.75) is 26.1 Å². The lowest BCUT2D eigenvalue weighted by atomic mass is 10.1. The van der Waals surface area contributed by atoms with Gasteiger partial charge in [0.15, 0.2) is 0 Å². The van der Waals surface area contributed by atoms with Crippen LogP contribution in [0.5, 0.6) is 0 Å². The minimum absolute atomic E-state index is 0.0619. The largest absolute Gasteiger partial charge is 0.441 e.